The number of ether oxygens (including phenoxy) is 1. The lowest BCUT2D eigenvalue weighted by Gasteiger charge is -2.30. The minimum absolute atomic E-state index is 0.0436. The first-order chi connectivity index (χ1) is 7.31. The molecule has 0 fully saturated rings. The Morgan fingerprint density at radius 2 is 1.81 bits per heavy atom. The van der Waals surface area contributed by atoms with Crippen LogP contribution in [-0.4, -0.2) is 11.6 Å². The highest BCUT2D eigenvalue weighted by Gasteiger charge is 2.24. The fourth-order valence-electron chi connectivity index (χ4n) is 1.54. The van der Waals surface area contributed by atoms with Gasteiger partial charge in [-0.1, -0.05) is 34.1 Å². The van der Waals surface area contributed by atoms with Crippen LogP contribution in [0.15, 0.2) is 28.7 Å². The van der Waals surface area contributed by atoms with Crippen LogP contribution in [0.2, 0.25) is 0 Å². The number of benzene rings is 1. The van der Waals surface area contributed by atoms with E-state index in [4.69, 9.17) is 10.5 Å². The highest BCUT2D eigenvalue weighted by Crippen LogP contribution is 2.31. The lowest BCUT2D eigenvalue weighted by molar-refractivity contribution is -0.0704. The standard InChI is InChI=1S/C13H20BrNO/c1-9(15)12(16-13(2,3)4)10-7-5-6-8-11(10)14/h5-9,12H,15H2,1-4H3. The van der Waals surface area contributed by atoms with Gasteiger partial charge in [-0.15, -0.1) is 0 Å². The van der Waals surface area contributed by atoms with E-state index in [1.807, 2.05) is 52.0 Å². The summed E-state index contributed by atoms with van der Waals surface area (Å²) in [5.41, 5.74) is 6.90. The summed E-state index contributed by atoms with van der Waals surface area (Å²) in [6, 6.07) is 8.00. The quantitative estimate of drug-likeness (QED) is 0.920. The molecule has 0 saturated heterocycles. The molecule has 2 unspecified atom stereocenters. The van der Waals surface area contributed by atoms with Crippen LogP contribution in [0.1, 0.15) is 39.4 Å². The molecule has 90 valence electrons. The van der Waals surface area contributed by atoms with Gasteiger partial charge in [0.05, 0.1) is 11.7 Å². The highest BCUT2D eigenvalue weighted by atomic mass is 79.9. The van der Waals surface area contributed by atoms with E-state index >= 15 is 0 Å². The molecule has 0 heterocycles. The molecule has 3 heteroatoms. The van der Waals surface area contributed by atoms with Gasteiger partial charge in [-0.3, -0.25) is 0 Å². The number of nitrogens with two attached hydrogens (primary N) is 1. The average Bonchev–Trinajstić information content (AvgIpc) is 2.13. The van der Waals surface area contributed by atoms with E-state index in [2.05, 4.69) is 15.9 Å². The van der Waals surface area contributed by atoms with E-state index in [0.717, 1.165) is 10.0 Å². The third-order valence-corrected chi connectivity index (χ3v) is 2.89. The van der Waals surface area contributed by atoms with Gasteiger partial charge >= 0.3 is 0 Å². The first-order valence-corrected chi connectivity index (χ1v) is 6.28. The Hall–Kier alpha value is -0.380. The molecule has 0 aromatic heterocycles. The Labute approximate surface area is 106 Å². The maximum absolute atomic E-state index is 6.01. The topological polar surface area (TPSA) is 35.2 Å². The van der Waals surface area contributed by atoms with Crippen LogP contribution < -0.4 is 5.73 Å². The van der Waals surface area contributed by atoms with Crippen LogP contribution in [0.5, 0.6) is 0 Å². The van der Waals surface area contributed by atoms with Gasteiger partial charge in [-0.25, -0.2) is 0 Å². The van der Waals surface area contributed by atoms with E-state index in [9.17, 15) is 0 Å². The molecule has 0 aliphatic heterocycles. The Morgan fingerprint density at radius 3 is 2.25 bits per heavy atom. The van der Waals surface area contributed by atoms with Crippen molar-refractivity contribution in [3.05, 3.63) is 34.3 Å². The molecule has 2 N–H and O–H groups in total. The predicted octanol–water partition coefficient (Wildman–Crippen LogP) is 3.65. The molecule has 1 aromatic rings. The second-order valence-corrected chi connectivity index (χ2v) is 5.89. The Balaban J connectivity index is 2.99. The molecular formula is C13H20BrNO. The van der Waals surface area contributed by atoms with Crippen LogP contribution in [0.3, 0.4) is 0 Å². The normalized spacial score (nSPS) is 15.9. The molecule has 16 heavy (non-hydrogen) atoms. The molecule has 0 amide bonds. The monoisotopic (exact) mass is 285 g/mol. The molecule has 2 nitrogen and oxygen atoms in total. The minimum atomic E-state index is -0.201. The van der Waals surface area contributed by atoms with Crippen molar-refractivity contribution in [2.45, 2.75) is 45.4 Å². The minimum Gasteiger partial charge on any atom is -0.366 e. The lowest BCUT2D eigenvalue weighted by atomic mass is 10.0. The molecule has 0 radical (unpaired) electrons. The van der Waals surface area contributed by atoms with Gasteiger partial charge in [-0.05, 0) is 39.3 Å². The van der Waals surface area contributed by atoms with Gasteiger partial charge < -0.3 is 10.5 Å². The smallest absolute Gasteiger partial charge is 0.0990 e. The van der Waals surface area contributed by atoms with Crippen LogP contribution in [0.4, 0.5) is 0 Å². The zero-order valence-electron chi connectivity index (χ0n) is 10.3. The van der Waals surface area contributed by atoms with Crippen molar-refractivity contribution in [1.82, 2.24) is 0 Å². The van der Waals surface area contributed by atoms with Crippen molar-refractivity contribution in [2.75, 3.05) is 0 Å². The molecule has 0 spiro atoms. The third kappa shape index (κ3) is 3.89. The molecule has 2 atom stereocenters. The van der Waals surface area contributed by atoms with Crippen LogP contribution in [0.25, 0.3) is 0 Å². The Kier molecular flexibility index (Phi) is 4.53. The fraction of sp³-hybridized carbons (Fsp3) is 0.538. The second kappa shape index (κ2) is 5.30. The van der Waals surface area contributed by atoms with Gasteiger partial charge in [-0.2, -0.15) is 0 Å². The third-order valence-electron chi connectivity index (χ3n) is 2.17. The number of halogens is 1. The van der Waals surface area contributed by atoms with Gasteiger partial charge in [0, 0.05) is 10.5 Å². The molecule has 0 bridgehead atoms. The maximum atomic E-state index is 6.01. The number of hydrogen-bond acceptors (Lipinski definition) is 2. The van der Waals surface area contributed by atoms with Crippen molar-refractivity contribution in [3.63, 3.8) is 0 Å². The van der Waals surface area contributed by atoms with Crippen molar-refractivity contribution >= 4 is 15.9 Å². The Morgan fingerprint density at radius 1 is 1.25 bits per heavy atom. The molecule has 0 aliphatic rings. The van der Waals surface area contributed by atoms with Crippen molar-refractivity contribution < 1.29 is 4.74 Å². The fourth-order valence-corrected chi connectivity index (χ4v) is 2.05. The SMILES string of the molecule is CC(N)C(OC(C)(C)C)c1ccccc1Br. The first-order valence-electron chi connectivity index (χ1n) is 5.49. The molecular weight excluding hydrogens is 266 g/mol. The number of hydrogen-bond donors (Lipinski definition) is 1. The maximum Gasteiger partial charge on any atom is 0.0990 e. The molecule has 1 rings (SSSR count). The van der Waals surface area contributed by atoms with E-state index in [1.165, 1.54) is 0 Å². The average molecular weight is 286 g/mol. The van der Waals surface area contributed by atoms with Crippen LogP contribution in [-0.2, 0) is 4.74 Å². The summed E-state index contributed by atoms with van der Waals surface area (Å²) in [4.78, 5) is 0. The Bertz CT molecular complexity index is 344. The van der Waals surface area contributed by atoms with E-state index < -0.39 is 0 Å². The zero-order valence-corrected chi connectivity index (χ0v) is 11.9. The van der Waals surface area contributed by atoms with E-state index in [1.54, 1.807) is 0 Å². The summed E-state index contributed by atoms with van der Waals surface area (Å²) in [5.74, 6) is 0. The van der Waals surface area contributed by atoms with Crippen molar-refractivity contribution in [2.24, 2.45) is 5.73 Å². The van der Waals surface area contributed by atoms with E-state index in [-0.39, 0.29) is 17.7 Å². The van der Waals surface area contributed by atoms with Crippen LogP contribution in [0, 0.1) is 0 Å². The first kappa shape index (κ1) is 13.7. The van der Waals surface area contributed by atoms with Gasteiger partial charge in [0.15, 0.2) is 0 Å². The van der Waals surface area contributed by atoms with Gasteiger partial charge in [0.25, 0.3) is 0 Å². The summed E-state index contributed by atoms with van der Waals surface area (Å²) < 4.78 is 7.05. The molecule has 0 saturated carbocycles. The summed E-state index contributed by atoms with van der Waals surface area (Å²) in [5, 5.41) is 0. The molecule has 1 aromatic carbocycles. The van der Waals surface area contributed by atoms with Crippen molar-refractivity contribution in [3.8, 4) is 0 Å². The van der Waals surface area contributed by atoms with Crippen LogP contribution >= 0.6 is 15.9 Å². The largest absolute Gasteiger partial charge is 0.366 e. The highest BCUT2D eigenvalue weighted by molar-refractivity contribution is 9.10. The molecule has 0 aliphatic carbocycles. The van der Waals surface area contributed by atoms with Gasteiger partial charge in [0.1, 0.15) is 0 Å². The zero-order chi connectivity index (χ0) is 12.3. The summed E-state index contributed by atoms with van der Waals surface area (Å²) >= 11 is 3.54. The lowest BCUT2D eigenvalue weighted by Crippen LogP contribution is -2.33. The summed E-state index contributed by atoms with van der Waals surface area (Å²) in [6.07, 6.45) is -0.0874. The predicted molar refractivity (Wildman–Crippen MR) is 71.4 cm³/mol. The van der Waals surface area contributed by atoms with Crippen molar-refractivity contribution in [1.29, 1.82) is 0 Å². The van der Waals surface area contributed by atoms with E-state index in [0.29, 0.717) is 0 Å². The number of rotatable bonds is 3. The second-order valence-electron chi connectivity index (χ2n) is 5.03. The summed E-state index contributed by atoms with van der Waals surface area (Å²) in [6.45, 7) is 8.09. The summed E-state index contributed by atoms with van der Waals surface area (Å²) in [7, 11) is 0. The van der Waals surface area contributed by atoms with Gasteiger partial charge in [0.2, 0.25) is 0 Å².